The lowest BCUT2D eigenvalue weighted by atomic mass is 9.98. The van der Waals surface area contributed by atoms with Crippen molar-refractivity contribution < 1.29 is 14.3 Å². The van der Waals surface area contributed by atoms with Gasteiger partial charge in [-0.05, 0) is 49.6 Å². The van der Waals surface area contributed by atoms with E-state index in [-0.39, 0.29) is 24.9 Å². The molecule has 164 valence electrons. The minimum Gasteiger partial charge on any atom is -0.444 e. The van der Waals surface area contributed by atoms with Gasteiger partial charge >= 0.3 is 6.09 Å². The number of ether oxygens (including phenoxy) is 1. The fourth-order valence-corrected chi connectivity index (χ4v) is 3.34. The molecule has 1 N–H and O–H groups in total. The summed E-state index contributed by atoms with van der Waals surface area (Å²) in [5, 5.41) is 21.2. The monoisotopic (exact) mass is 430 g/mol. The van der Waals surface area contributed by atoms with Gasteiger partial charge in [0.1, 0.15) is 11.6 Å². The van der Waals surface area contributed by atoms with Crippen LogP contribution < -0.4 is 5.32 Å². The fourth-order valence-electron chi connectivity index (χ4n) is 3.34. The molecule has 0 radical (unpaired) electrons. The number of benzene rings is 2. The smallest absolute Gasteiger partial charge is 0.410 e. The molecular formula is C25H26N4O3. The van der Waals surface area contributed by atoms with Crippen molar-refractivity contribution in [3.8, 4) is 23.3 Å². The van der Waals surface area contributed by atoms with Crippen LogP contribution in [0.1, 0.15) is 31.9 Å². The van der Waals surface area contributed by atoms with Gasteiger partial charge in [-0.3, -0.25) is 4.79 Å². The molecule has 0 saturated carbocycles. The topological polar surface area (TPSA) is 106 Å². The number of hydrogen-bond donors (Lipinski definition) is 1. The summed E-state index contributed by atoms with van der Waals surface area (Å²) >= 11 is 0. The fraction of sp³-hybridized carbons (Fsp3) is 0.360. The van der Waals surface area contributed by atoms with Crippen molar-refractivity contribution in [1.82, 2.24) is 10.2 Å². The minimum atomic E-state index is -0.654. The number of carbonyl (C=O) groups excluding carboxylic acids is 2. The van der Waals surface area contributed by atoms with Gasteiger partial charge < -0.3 is 15.0 Å². The van der Waals surface area contributed by atoms with Crippen LogP contribution in [0.4, 0.5) is 4.79 Å². The lowest BCUT2D eigenvalue weighted by Gasteiger charge is -2.39. The summed E-state index contributed by atoms with van der Waals surface area (Å²) in [6.07, 6.45) is -0.0426. The standard InChI is InChI=1S/C25H26N4O3/c1-25(2,3)32-24(31)29-15-21(16-29)23(30)28-22(14-27)12-17-4-8-19(9-5-17)20-10-6-18(13-26)7-11-20/h4-11,21-22H,12,15-16H2,1-3H3,(H,28,30)/t22-/m0/s1. The van der Waals surface area contributed by atoms with Gasteiger partial charge in [0.2, 0.25) is 5.91 Å². The Kier molecular flexibility index (Phi) is 6.80. The first-order chi connectivity index (χ1) is 15.2. The second-order valence-corrected chi connectivity index (χ2v) is 8.86. The normalized spacial score (nSPS) is 14.5. The summed E-state index contributed by atoms with van der Waals surface area (Å²) in [7, 11) is 0. The molecule has 0 bridgehead atoms. The summed E-state index contributed by atoms with van der Waals surface area (Å²) in [5.74, 6) is -0.567. The van der Waals surface area contributed by atoms with Crippen molar-refractivity contribution in [3.05, 3.63) is 59.7 Å². The molecule has 1 fully saturated rings. The van der Waals surface area contributed by atoms with Crippen LogP contribution in [0.2, 0.25) is 0 Å². The first kappa shape index (κ1) is 22.8. The Balaban J connectivity index is 1.51. The quantitative estimate of drug-likeness (QED) is 0.779. The van der Waals surface area contributed by atoms with E-state index in [0.29, 0.717) is 12.0 Å². The van der Waals surface area contributed by atoms with Gasteiger partial charge in [0, 0.05) is 19.5 Å². The number of nitrogens with zero attached hydrogens (tertiary/aromatic N) is 3. The third-order valence-electron chi connectivity index (χ3n) is 5.12. The van der Waals surface area contributed by atoms with Gasteiger partial charge in [-0.1, -0.05) is 36.4 Å². The van der Waals surface area contributed by atoms with Crippen LogP contribution in [0.5, 0.6) is 0 Å². The van der Waals surface area contributed by atoms with Gasteiger partial charge in [-0.2, -0.15) is 10.5 Å². The Morgan fingerprint density at radius 3 is 2.12 bits per heavy atom. The first-order valence-corrected chi connectivity index (χ1v) is 10.5. The van der Waals surface area contributed by atoms with E-state index in [1.54, 1.807) is 32.9 Å². The molecule has 0 aliphatic carbocycles. The van der Waals surface area contributed by atoms with E-state index in [4.69, 9.17) is 10.00 Å². The van der Waals surface area contributed by atoms with Crippen molar-refractivity contribution in [1.29, 1.82) is 10.5 Å². The Labute approximate surface area is 188 Å². The molecule has 2 aromatic rings. The van der Waals surface area contributed by atoms with Gasteiger partial charge in [-0.15, -0.1) is 0 Å². The second kappa shape index (κ2) is 9.53. The molecule has 32 heavy (non-hydrogen) atoms. The van der Waals surface area contributed by atoms with E-state index in [1.807, 2.05) is 36.4 Å². The Morgan fingerprint density at radius 1 is 1.06 bits per heavy atom. The largest absolute Gasteiger partial charge is 0.444 e. The predicted molar refractivity (Wildman–Crippen MR) is 119 cm³/mol. The van der Waals surface area contributed by atoms with E-state index < -0.39 is 17.7 Å². The Morgan fingerprint density at radius 2 is 1.62 bits per heavy atom. The van der Waals surface area contributed by atoms with Crippen LogP contribution in [-0.4, -0.2) is 41.6 Å². The van der Waals surface area contributed by atoms with Gasteiger partial charge in [-0.25, -0.2) is 4.79 Å². The van der Waals surface area contributed by atoms with Crippen molar-refractivity contribution in [2.45, 2.75) is 38.8 Å². The minimum absolute atomic E-state index is 0.231. The summed E-state index contributed by atoms with van der Waals surface area (Å²) < 4.78 is 5.29. The average molecular weight is 431 g/mol. The average Bonchev–Trinajstić information content (AvgIpc) is 2.71. The van der Waals surface area contributed by atoms with Gasteiger partial charge in [0.25, 0.3) is 0 Å². The van der Waals surface area contributed by atoms with E-state index >= 15 is 0 Å². The Hall–Kier alpha value is -3.84. The summed E-state index contributed by atoms with van der Waals surface area (Å²) in [6.45, 7) is 5.96. The molecule has 7 heteroatoms. The summed E-state index contributed by atoms with van der Waals surface area (Å²) in [4.78, 5) is 25.9. The lowest BCUT2D eigenvalue weighted by molar-refractivity contribution is -0.130. The number of nitriles is 2. The van der Waals surface area contributed by atoms with Crippen LogP contribution in [0.3, 0.4) is 0 Å². The summed E-state index contributed by atoms with van der Waals surface area (Å²) in [5.41, 5.74) is 2.97. The van der Waals surface area contributed by atoms with Gasteiger partial charge in [0.05, 0.1) is 23.6 Å². The zero-order chi connectivity index (χ0) is 23.3. The number of nitrogens with one attached hydrogen (secondary N) is 1. The number of rotatable bonds is 5. The second-order valence-electron chi connectivity index (χ2n) is 8.86. The molecular weight excluding hydrogens is 404 g/mol. The molecule has 2 aromatic carbocycles. The molecule has 0 unspecified atom stereocenters. The van der Waals surface area contributed by atoms with Crippen molar-refractivity contribution in [2.75, 3.05) is 13.1 Å². The molecule has 3 rings (SSSR count). The van der Waals surface area contributed by atoms with Crippen LogP contribution >= 0.6 is 0 Å². The van der Waals surface area contributed by atoms with E-state index in [2.05, 4.69) is 17.5 Å². The number of carbonyl (C=O) groups is 2. The highest BCUT2D eigenvalue weighted by molar-refractivity contribution is 5.83. The molecule has 7 nitrogen and oxygen atoms in total. The molecule has 1 saturated heterocycles. The zero-order valence-corrected chi connectivity index (χ0v) is 18.5. The van der Waals surface area contributed by atoms with E-state index in [9.17, 15) is 14.9 Å². The zero-order valence-electron chi connectivity index (χ0n) is 18.5. The van der Waals surface area contributed by atoms with Crippen LogP contribution in [0.25, 0.3) is 11.1 Å². The van der Waals surface area contributed by atoms with Crippen LogP contribution in [-0.2, 0) is 16.0 Å². The molecule has 0 aromatic heterocycles. The summed E-state index contributed by atoms with van der Waals surface area (Å²) in [6, 6.07) is 18.7. The number of likely N-dealkylation sites (tertiary alicyclic amines) is 1. The number of amides is 2. The molecule has 1 heterocycles. The van der Waals surface area contributed by atoms with Crippen LogP contribution in [0.15, 0.2) is 48.5 Å². The SMILES string of the molecule is CC(C)(C)OC(=O)N1CC(C(=O)N[C@H](C#N)Cc2ccc(-c3ccc(C#N)cc3)cc2)C1. The van der Waals surface area contributed by atoms with Crippen molar-refractivity contribution >= 4 is 12.0 Å². The maximum absolute atomic E-state index is 12.5. The molecule has 1 aliphatic rings. The maximum Gasteiger partial charge on any atom is 0.410 e. The highest BCUT2D eigenvalue weighted by atomic mass is 16.6. The maximum atomic E-state index is 12.5. The van der Waals surface area contributed by atoms with Crippen molar-refractivity contribution in [2.24, 2.45) is 5.92 Å². The third kappa shape index (κ3) is 5.86. The first-order valence-electron chi connectivity index (χ1n) is 10.5. The third-order valence-corrected chi connectivity index (χ3v) is 5.12. The molecule has 0 spiro atoms. The molecule has 1 atom stereocenters. The van der Waals surface area contributed by atoms with Gasteiger partial charge in [0.15, 0.2) is 0 Å². The van der Waals surface area contributed by atoms with Crippen molar-refractivity contribution in [3.63, 3.8) is 0 Å². The molecule has 2 amide bonds. The number of hydrogen-bond acceptors (Lipinski definition) is 5. The highest BCUT2D eigenvalue weighted by Crippen LogP contribution is 2.22. The van der Waals surface area contributed by atoms with E-state index in [0.717, 1.165) is 16.7 Å². The predicted octanol–water partition coefficient (Wildman–Crippen LogP) is 3.64. The lowest BCUT2D eigenvalue weighted by Crippen LogP contribution is -2.57. The molecule has 1 aliphatic heterocycles. The van der Waals surface area contributed by atoms with Crippen LogP contribution in [0, 0.1) is 28.6 Å². The Bertz CT molecular complexity index is 1050. The van der Waals surface area contributed by atoms with E-state index in [1.165, 1.54) is 4.90 Å². The highest BCUT2D eigenvalue weighted by Gasteiger charge is 2.38.